The van der Waals surface area contributed by atoms with E-state index in [1.54, 1.807) is 0 Å². The van der Waals surface area contributed by atoms with Gasteiger partial charge in [0.25, 0.3) is 0 Å². The molecule has 384 valence electrons. The van der Waals surface area contributed by atoms with Crippen LogP contribution in [0.4, 0.5) is 0 Å². The molecule has 0 spiro atoms. The first-order valence-electron chi connectivity index (χ1n) is 20.3. The first-order chi connectivity index (χ1) is 30.9. The lowest BCUT2D eigenvalue weighted by Crippen LogP contribution is -2.70. The summed E-state index contributed by atoms with van der Waals surface area (Å²) in [6.45, 7) is -2.37. The topological polar surface area (TPSA) is 491 Å². The molecular weight excluding hydrogens is 931 g/mol. The smallest absolute Gasteiger partial charge is 0.394 e. The monoisotopic (exact) mass is 990 g/mol. The summed E-state index contributed by atoms with van der Waals surface area (Å²) >= 11 is 0. The summed E-state index contributed by atoms with van der Waals surface area (Å²) in [6.07, 6.45) is -42.7. The Balaban J connectivity index is 1.25. The van der Waals surface area contributed by atoms with E-state index in [2.05, 4.69) is 15.2 Å². The first kappa shape index (κ1) is 55.1. The number of hydrogen-bond donors (Lipinski definition) is 18. The molecule has 5 rings (SSSR count). The second-order valence-corrected chi connectivity index (χ2v) is 17.3. The second-order valence-electron chi connectivity index (χ2n) is 16.1. The van der Waals surface area contributed by atoms with Gasteiger partial charge in [-0.15, -0.1) is 0 Å². The van der Waals surface area contributed by atoms with Crippen molar-refractivity contribution in [1.29, 1.82) is 0 Å². The Hall–Kier alpha value is -1.87. The molecule has 25 atom stereocenters. The van der Waals surface area contributed by atoms with Crippen molar-refractivity contribution in [3.05, 3.63) is 0 Å². The quantitative estimate of drug-likeness (QED) is 0.0602. The largest absolute Gasteiger partial charge is 0.469 e. The van der Waals surface area contributed by atoms with Crippen LogP contribution >= 0.6 is 7.82 Å². The Morgan fingerprint density at radius 2 is 0.833 bits per heavy atom. The van der Waals surface area contributed by atoms with Crippen molar-refractivity contribution in [3.63, 3.8) is 0 Å². The predicted molar refractivity (Wildman–Crippen MR) is 201 cm³/mol. The summed E-state index contributed by atoms with van der Waals surface area (Å²) in [5, 5.41) is 153. The van der Waals surface area contributed by atoms with Gasteiger partial charge in [-0.2, -0.15) is 0 Å². The van der Waals surface area contributed by atoms with Crippen molar-refractivity contribution in [1.82, 2.24) is 10.6 Å². The van der Waals surface area contributed by atoms with E-state index < -0.39 is 206 Å². The lowest BCUT2D eigenvalue weighted by molar-refractivity contribution is -0.366. The lowest BCUT2D eigenvalue weighted by atomic mass is 9.94. The summed E-state index contributed by atoms with van der Waals surface area (Å²) in [7, 11) is -5.07. The van der Waals surface area contributed by atoms with Crippen LogP contribution < -0.4 is 10.6 Å². The van der Waals surface area contributed by atoms with Gasteiger partial charge in [-0.1, -0.05) is 0 Å². The highest BCUT2D eigenvalue weighted by Crippen LogP contribution is 2.38. The maximum absolute atomic E-state index is 12.3. The zero-order valence-corrected chi connectivity index (χ0v) is 35.8. The van der Waals surface area contributed by atoms with Gasteiger partial charge in [0.1, 0.15) is 122 Å². The molecule has 0 radical (unpaired) electrons. The fourth-order valence-corrected chi connectivity index (χ4v) is 8.13. The molecule has 2 amide bonds. The van der Waals surface area contributed by atoms with Gasteiger partial charge >= 0.3 is 7.82 Å². The van der Waals surface area contributed by atoms with Gasteiger partial charge in [0.2, 0.25) is 11.8 Å². The molecule has 66 heavy (non-hydrogen) atoms. The van der Waals surface area contributed by atoms with Crippen LogP contribution in [0, 0.1) is 0 Å². The molecule has 0 aromatic carbocycles. The molecule has 0 aliphatic carbocycles. The summed E-state index contributed by atoms with van der Waals surface area (Å²) in [5.41, 5.74) is 0. The SMILES string of the molecule is CC(=O)N[C@@H]1[C@@H](O)[C@H](O[C@@H]2O[C@H](CO)[C@@H](O[C@@H]3O[C@H](CO[C@H]4O[C@H](CO[C@H]5O[C@H](COP(=O)(O)O)[C@@H](O)[C@H](O)[C@@H]5O)[C@@H](O)[C@H](O)[C@@H]4O)[C@@H](O)[C@H](O)[C@@H]3O)[C@H](O)[C@H]2NC(C)=O)[C@@H](CO)O[C@H]1O. The molecule has 18 N–H and O–H groups in total. The van der Waals surface area contributed by atoms with Crippen LogP contribution in [0.2, 0.25) is 0 Å². The zero-order chi connectivity index (χ0) is 49.1. The van der Waals surface area contributed by atoms with E-state index in [9.17, 15) is 85.6 Å². The van der Waals surface area contributed by atoms with Crippen LogP contribution in [0.25, 0.3) is 0 Å². The number of carbonyl (C=O) groups is 2. The highest BCUT2D eigenvalue weighted by molar-refractivity contribution is 7.46. The van der Waals surface area contributed by atoms with E-state index in [4.69, 9.17) is 52.4 Å². The van der Waals surface area contributed by atoms with Crippen LogP contribution in [0.1, 0.15) is 13.8 Å². The number of phosphoric acid groups is 1. The van der Waals surface area contributed by atoms with Crippen LogP contribution in [0.5, 0.6) is 0 Å². The summed E-state index contributed by atoms with van der Waals surface area (Å²) in [4.78, 5) is 42.1. The predicted octanol–water partition coefficient (Wildman–Crippen LogP) is -11.5. The minimum Gasteiger partial charge on any atom is -0.394 e. The van der Waals surface area contributed by atoms with Gasteiger partial charge in [0.05, 0.1) is 33.0 Å². The van der Waals surface area contributed by atoms with Crippen molar-refractivity contribution >= 4 is 19.6 Å². The van der Waals surface area contributed by atoms with Crippen molar-refractivity contribution in [2.45, 2.75) is 167 Å². The second kappa shape index (κ2) is 23.4. The number of hydrogen-bond acceptors (Lipinski definition) is 27. The molecule has 5 aliphatic rings. The number of ether oxygens (including phenoxy) is 9. The van der Waals surface area contributed by atoms with Gasteiger partial charge in [0.15, 0.2) is 31.5 Å². The van der Waals surface area contributed by atoms with Crippen molar-refractivity contribution in [2.24, 2.45) is 0 Å². The molecule has 5 heterocycles. The Kier molecular flexibility index (Phi) is 19.5. The van der Waals surface area contributed by atoms with Gasteiger partial charge in [-0.05, 0) is 0 Å². The molecule has 0 aromatic rings. The van der Waals surface area contributed by atoms with E-state index >= 15 is 0 Å². The number of carbonyl (C=O) groups excluding carboxylic acids is 2. The Labute approximate surface area is 373 Å². The number of aliphatic hydroxyl groups is 14. The molecule has 5 saturated heterocycles. The van der Waals surface area contributed by atoms with Gasteiger partial charge in [0, 0.05) is 13.8 Å². The molecule has 5 fully saturated rings. The fourth-order valence-electron chi connectivity index (χ4n) is 7.79. The molecule has 0 aromatic heterocycles. The standard InChI is InChI=1S/C34H59N2O29P/c1-8(39)35-15-20(44)28(10(3-37)59-30(15)52)64-31-16(36-9(2)40)21(45)29(11(4-38)60-31)65-34-27(51)24(48)18(42)13(63-34)6-57-32-25(49)22(46)17(41)12(61-32)5-56-33-26(50)23(47)19(43)14(62-33)7-58-66(53,54)55/h10-34,37-38,41-52H,3-7H2,1-2H3,(H,35,39)(H,36,40)(H2,53,54,55)/t10-,11-,12-,13-,14-,15-,16-,17-,18-,19-,20-,21-,22+,23+,24+,25+,26+,27+,28-,29-,30-,31+,32+,33+,34+/m1/s1. The molecule has 0 saturated carbocycles. The number of phosphoric ester groups is 1. The zero-order valence-electron chi connectivity index (χ0n) is 34.9. The average Bonchev–Trinajstić information content (AvgIpc) is 3.25. The lowest BCUT2D eigenvalue weighted by Gasteiger charge is -2.49. The van der Waals surface area contributed by atoms with E-state index in [1.165, 1.54) is 0 Å². The van der Waals surface area contributed by atoms with E-state index in [-0.39, 0.29) is 0 Å². The summed E-state index contributed by atoms with van der Waals surface area (Å²) in [5.74, 6) is -1.48. The maximum atomic E-state index is 12.3. The summed E-state index contributed by atoms with van der Waals surface area (Å²) < 4.78 is 65.6. The van der Waals surface area contributed by atoms with Gasteiger partial charge in [-0.3, -0.25) is 14.1 Å². The van der Waals surface area contributed by atoms with Crippen LogP contribution in [0.3, 0.4) is 0 Å². The third-order valence-electron chi connectivity index (χ3n) is 11.3. The molecule has 5 aliphatic heterocycles. The normalized spacial score (nSPS) is 47.0. The Bertz CT molecular complexity index is 1620. The fraction of sp³-hybridized carbons (Fsp3) is 0.941. The third kappa shape index (κ3) is 12.9. The molecule has 0 bridgehead atoms. The molecule has 0 unspecified atom stereocenters. The highest BCUT2D eigenvalue weighted by Gasteiger charge is 2.55. The van der Waals surface area contributed by atoms with Gasteiger partial charge < -0.3 is 135 Å². The van der Waals surface area contributed by atoms with E-state index in [0.29, 0.717) is 0 Å². The molecular formula is C34H59N2O29P. The number of aliphatic hydroxyl groups excluding tert-OH is 14. The minimum absolute atomic E-state index is 0.691. The van der Waals surface area contributed by atoms with Gasteiger partial charge in [-0.25, -0.2) is 4.57 Å². The Morgan fingerprint density at radius 3 is 1.27 bits per heavy atom. The highest BCUT2D eigenvalue weighted by atomic mass is 31.2. The van der Waals surface area contributed by atoms with Crippen molar-refractivity contribution in [2.75, 3.05) is 33.0 Å². The van der Waals surface area contributed by atoms with E-state index in [1.807, 2.05) is 0 Å². The van der Waals surface area contributed by atoms with Crippen molar-refractivity contribution < 1.29 is 143 Å². The van der Waals surface area contributed by atoms with Crippen molar-refractivity contribution in [3.8, 4) is 0 Å². The van der Waals surface area contributed by atoms with Crippen LogP contribution in [-0.2, 0) is 61.3 Å². The molecule has 32 heteroatoms. The van der Waals surface area contributed by atoms with Crippen LogP contribution in [-0.4, -0.2) is 280 Å². The first-order valence-corrected chi connectivity index (χ1v) is 21.9. The number of rotatable bonds is 17. The minimum atomic E-state index is -5.07. The number of nitrogens with one attached hydrogen (secondary N) is 2. The maximum Gasteiger partial charge on any atom is 0.469 e. The summed E-state index contributed by atoms with van der Waals surface area (Å²) in [6, 6.07) is -3.15. The third-order valence-corrected chi connectivity index (χ3v) is 11.8. The number of amides is 2. The van der Waals surface area contributed by atoms with E-state index in [0.717, 1.165) is 13.8 Å². The Morgan fingerprint density at radius 1 is 0.470 bits per heavy atom. The molecule has 31 nitrogen and oxygen atoms in total. The van der Waals surface area contributed by atoms with Crippen LogP contribution in [0.15, 0.2) is 0 Å². The average molecular weight is 991 g/mol.